The van der Waals surface area contributed by atoms with Gasteiger partial charge in [0.25, 0.3) is 0 Å². The van der Waals surface area contributed by atoms with Crippen molar-refractivity contribution >= 4 is 23.6 Å². The summed E-state index contributed by atoms with van der Waals surface area (Å²) in [5.41, 5.74) is 1.85. The summed E-state index contributed by atoms with van der Waals surface area (Å²) < 4.78 is 0. The summed E-state index contributed by atoms with van der Waals surface area (Å²) in [4.78, 5) is 47.1. The monoisotopic (exact) mass is 438 g/mol. The molecule has 170 valence electrons. The van der Waals surface area contributed by atoms with E-state index in [1.807, 2.05) is 60.7 Å². The normalized spacial score (nSPS) is 10.1. The first-order valence-corrected chi connectivity index (χ1v) is 10.8. The van der Waals surface area contributed by atoms with Crippen LogP contribution in [0.2, 0.25) is 0 Å². The second-order valence-electron chi connectivity index (χ2n) is 7.26. The molecule has 0 saturated carbocycles. The summed E-state index contributed by atoms with van der Waals surface area (Å²) in [6.45, 7) is 1.43. The SMILES string of the molecule is O=C(NCCCCCCNC(=O)C(=O)NCc1ccccc1)C(=O)NCc1ccccc1. The fourth-order valence-corrected chi connectivity index (χ4v) is 2.88. The maximum atomic E-state index is 11.8. The summed E-state index contributed by atoms with van der Waals surface area (Å²) in [5.74, 6) is -2.59. The number of unbranched alkanes of at least 4 members (excludes halogenated alkanes) is 3. The van der Waals surface area contributed by atoms with Crippen LogP contribution in [-0.4, -0.2) is 36.7 Å². The molecule has 0 atom stereocenters. The molecule has 2 aromatic carbocycles. The van der Waals surface area contributed by atoms with Crippen LogP contribution in [0.5, 0.6) is 0 Å². The van der Waals surface area contributed by atoms with Crippen molar-refractivity contribution in [1.82, 2.24) is 21.3 Å². The van der Waals surface area contributed by atoms with Crippen molar-refractivity contribution in [2.45, 2.75) is 38.8 Å². The highest BCUT2D eigenvalue weighted by molar-refractivity contribution is 6.35. The van der Waals surface area contributed by atoms with E-state index >= 15 is 0 Å². The molecule has 8 heteroatoms. The molecule has 0 fully saturated rings. The maximum absolute atomic E-state index is 11.8. The van der Waals surface area contributed by atoms with Gasteiger partial charge in [0.2, 0.25) is 0 Å². The zero-order valence-corrected chi connectivity index (χ0v) is 18.1. The molecule has 0 radical (unpaired) electrons. The summed E-state index contributed by atoms with van der Waals surface area (Å²) in [6, 6.07) is 18.7. The van der Waals surface area contributed by atoms with E-state index in [1.165, 1.54) is 0 Å². The quantitative estimate of drug-likeness (QED) is 0.314. The van der Waals surface area contributed by atoms with E-state index < -0.39 is 23.6 Å². The van der Waals surface area contributed by atoms with Gasteiger partial charge in [0, 0.05) is 26.2 Å². The second-order valence-corrected chi connectivity index (χ2v) is 7.26. The number of hydrogen-bond acceptors (Lipinski definition) is 4. The van der Waals surface area contributed by atoms with Gasteiger partial charge in [-0.2, -0.15) is 0 Å². The Morgan fingerprint density at radius 3 is 1.19 bits per heavy atom. The average molecular weight is 439 g/mol. The van der Waals surface area contributed by atoms with Crippen LogP contribution in [0, 0.1) is 0 Å². The Kier molecular flexibility index (Phi) is 11.0. The molecule has 0 aromatic heterocycles. The third-order valence-electron chi connectivity index (χ3n) is 4.68. The lowest BCUT2D eigenvalue weighted by Gasteiger charge is -2.08. The van der Waals surface area contributed by atoms with Gasteiger partial charge in [-0.05, 0) is 24.0 Å². The van der Waals surface area contributed by atoms with Crippen LogP contribution in [0.15, 0.2) is 60.7 Å². The van der Waals surface area contributed by atoms with Crippen molar-refractivity contribution in [2.24, 2.45) is 0 Å². The van der Waals surface area contributed by atoms with Crippen LogP contribution < -0.4 is 21.3 Å². The first-order chi connectivity index (χ1) is 15.6. The minimum Gasteiger partial charge on any atom is -0.348 e. The molecule has 0 spiro atoms. The van der Waals surface area contributed by atoms with E-state index in [0.29, 0.717) is 26.2 Å². The molecule has 2 rings (SSSR count). The van der Waals surface area contributed by atoms with Gasteiger partial charge in [0.1, 0.15) is 0 Å². The predicted molar refractivity (Wildman–Crippen MR) is 121 cm³/mol. The first kappa shape index (κ1) is 24.6. The number of amides is 4. The van der Waals surface area contributed by atoms with Crippen LogP contribution in [0.1, 0.15) is 36.8 Å². The molecule has 0 heterocycles. The molecular formula is C24H30N4O4. The van der Waals surface area contributed by atoms with Gasteiger partial charge in [-0.15, -0.1) is 0 Å². The Hall–Kier alpha value is -3.68. The van der Waals surface area contributed by atoms with Crippen LogP contribution in [0.4, 0.5) is 0 Å². The third kappa shape index (κ3) is 9.88. The highest BCUT2D eigenvalue weighted by atomic mass is 16.2. The molecule has 0 saturated heterocycles. The Morgan fingerprint density at radius 1 is 0.469 bits per heavy atom. The number of hydrogen-bond donors (Lipinski definition) is 4. The number of nitrogens with one attached hydrogen (secondary N) is 4. The second kappa shape index (κ2) is 14.3. The summed E-state index contributed by atoms with van der Waals surface area (Å²) in [7, 11) is 0. The molecular weight excluding hydrogens is 408 g/mol. The van der Waals surface area contributed by atoms with Crippen LogP contribution >= 0.6 is 0 Å². The van der Waals surface area contributed by atoms with Crippen molar-refractivity contribution < 1.29 is 19.2 Å². The van der Waals surface area contributed by atoms with Crippen molar-refractivity contribution in [1.29, 1.82) is 0 Å². The Morgan fingerprint density at radius 2 is 0.812 bits per heavy atom. The minimum absolute atomic E-state index is 0.309. The fraction of sp³-hybridized carbons (Fsp3) is 0.333. The molecule has 2 aromatic rings. The molecule has 0 aliphatic rings. The van der Waals surface area contributed by atoms with E-state index in [4.69, 9.17) is 0 Å². The predicted octanol–water partition coefficient (Wildman–Crippen LogP) is 1.41. The molecule has 0 aliphatic heterocycles. The lowest BCUT2D eigenvalue weighted by Crippen LogP contribution is -2.40. The van der Waals surface area contributed by atoms with Gasteiger partial charge in [-0.3, -0.25) is 19.2 Å². The fourth-order valence-electron chi connectivity index (χ4n) is 2.88. The van der Waals surface area contributed by atoms with Crippen LogP contribution in [0.25, 0.3) is 0 Å². The van der Waals surface area contributed by atoms with E-state index in [1.54, 1.807) is 0 Å². The van der Waals surface area contributed by atoms with Gasteiger partial charge in [-0.25, -0.2) is 0 Å². The van der Waals surface area contributed by atoms with E-state index in [0.717, 1.165) is 36.8 Å². The lowest BCUT2D eigenvalue weighted by atomic mass is 10.2. The smallest absolute Gasteiger partial charge is 0.309 e. The number of carbonyl (C=O) groups is 4. The summed E-state index contributed by atoms with van der Waals surface area (Å²) in [6.07, 6.45) is 3.12. The molecule has 0 aliphatic carbocycles. The highest BCUT2D eigenvalue weighted by Gasteiger charge is 2.13. The summed E-state index contributed by atoms with van der Waals surface area (Å²) >= 11 is 0. The number of rotatable bonds is 11. The maximum Gasteiger partial charge on any atom is 0.309 e. The zero-order valence-electron chi connectivity index (χ0n) is 18.1. The largest absolute Gasteiger partial charge is 0.348 e. The highest BCUT2D eigenvalue weighted by Crippen LogP contribution is 1.99. The van der Waals surface area contributed by atoms with Gasteiger partial charge < -0.3 is 21.3 Å². The minimum atomic E-state index is -0.651. The van der Waals surface area contributed by atoms with Crippen molar-refractivity contribution in [3.63, 3.8) is 0 Å². The van der Waals surface area contributed by atoms with Crippen LogP contribution in [-0.2, 0) is 32.3 Å². The molecule has 8 nitrogen and oxygen atoms in total. The standard InChI is InChI=1S/C24H30N4O4/c29-21(23(31)27-17-19-11-5-3-6-12-19)25-15-9-1-2-10-16-26-22(30)24(32)28-18-20-13-7-4-8-14-20/h3-8,11-14H,1-2,9-10,15-18H2,(H,25,29)(H,26,30)(H,27,31)(H,28,32). The van der Waals surface area contributed by atoms with Gasteiger partial charge in [-0.1, -0.05) is 73.5 Å². The molecule has 0 unspecified atom stereocenters. The van der Waals surface area contributed by atoms with Gasteiger partial charge >= 0.3 is 23.6 Å². The van der Waals surface area contributed by atoms with E-state index in [2.05, 4.69) is 21.3 Å². The molecule has 0 bridgehead atoms. The van der Waals surface area contributed by atoms with E-state index in [-0.39, 0.29) is 0 Å². The number of benzene rings is 2. The Bertz CT molecular complexity index is 799. The van der Waals surface area contributed by atoms with Crippen LogP contribution in [0.3, 0.4) is 0 Å². The zero-order chi connectivity index (χ0) is 23.0. The Balaban J connectivity index is 1.45. The van der Waals surface area contributed by atoms with Gasteiger partial charge in [0.05, 0.1) is 0 Å². The summed E-state index contributed by atoms with van der Waals surface area (Å²) in [5, 5.41) is 10.4. The topological polar surface area (TPSA) is 116 Å². The average Bonchev–Trinajstić information content (AvgIpc) is 2.83. The lowest BCUT2D eigenvalue weighted by molar-refractivity contribution is -0.139. The van der Waals surface area contributed by atoms with E-state index in [9.17, 15) is 19.2 Å². The molecule has 4 amide bonds. The van der Waals surface area contributed by atoms with Crippen molar-refractivity contribution in [3.8, 4) is 0 Å². The molecule has 4 N–H and O–H groups in total. The van der Waals surface area contributed by atoms with Crippen molar-refractivity contribution in [2.75, 3.05) is 13.1 Å². The molecule has 32 heavy (non-hydrogen) atoms. The third-order valence-corrected chi connectivity index (χ3v) is 4.68. The first-order valence-electron chi connectivity index (χ1n) is 10.8. The van der Waals surface area contributed by atoms with Gasteiger partial charge in [0.15, 0.2) is 0 Å². The Labute approximate surface area is 188 Å². The van der Waals surface area contributed by atoms with Crippen molar-refractivity contribution in [3.05, 3.63) is 71.8 Å². The number of carbonyl (C=O) groups excluding carboxylic acids is 4.